The van der Waals surface area contributed by atoms with Gasteiger partial charge in [-0.3, -0.25) is 19.9 Å². The zero-order valence-electron chi connectivity index (χ0n) is 53.5. The SMILES string of the molecule is CCCCCC1c2cc3c4c(OCc5ccncc5)c2OCOc2c1cc1c(c2OCc2ccncc2)OCOc2c(cc5c(c2OCc2ccncc2)OCOc2c(cc(c(c2OCc2ccncc2)OCO4)C3CCCCC)C5CCCCC)C1CCCCC. The van der Waals surface area contributed by atoms with Gasteiger partial charge in [0, 0.05) is 118 Å². The van der Waals surface area contributed by atoms with Gasteiger partial charge in [-0.2, -0.15) is 0 Å². The van der Waals surface area contributed by atoms with Crippen LogP contribution in [-0.4, -0.2) is 47.1 Å². The second-order valence-electron chi connectivity index (χ2n) is 24.6. The van der Waals surface area contributed by atoms with E-state index in [-0.39, 0.29) is 77.3 Å². The largest absolute Gasteiger partial charge is 0.482 e. The summed E-state index contributed by atoms with van der Waals surface area (Å²) in [4.78, 5) is 17.4. The van der Waals surface area contributed by atoms with Crippen LogP contribution in [0.1, 0.15) is 221 Å². The van der Waals surface area contributed by atoms with E-state index in [4.69, 9.17) is 56.8 Å². The van der Waals surface area contributed by atoms with Crippen molar-refractivity contribution in [3.63, 3.8) is 0 Å². The second kappa shape index (κ2) is 29.6. The van der Waals surface area contributed by atoms with E-state index in [2.05, 4.69) is 71.9 Å². The van der Waals surface area contributed by atoms with E-state index < -0.39 is 0 Å². The molecule has 480 valence electrons. The summed E-state index contributed by atoms with van der Waals surface area (Å²) in [5.41, 5.74) is 11.4. The molecule has 8 bridgehead atoms. The second-order valence-corrected chi connectivity index (χ2v) is 24.6. The van der Waals surface area contributed by atoms with Gasteiger partial charge in [0.2, 0.25) is 50.2 Å². The van der Waals surface area contributed by atoms with Gasteiger partial charge in [-0.1, -0.05) is 105 Å². The molecule has 0 radical (unpaired) electrons. The van der Waals surface area contributed by atoms with Crippen LogP contribution in [0.25, 0.3) is 0 Å². The first-order valence-corrected chi connectivity index (χ1v) is 33.4. The molecular formula is C76H84N4O12. The molecule has 1 aliphatic carbocycles. The minimum Gasteiger partial charge on any atom is -0.482 e. The smallest absolute Gasteiger partial charge is 0.231 e. The number of unbranched alkanes of at least 4 members (excludes halogenated alkanes) is 8. The molecule has 0 fully saturated rings. The summed E-state index contributed by atoms with van der Waals surface area (Å²) in [5, 5.41) is 0. The number of hydrogen-bond acceptors (Lipinski definition) is 16. The molecule has 4 aromatic heterocycles. The van der Waals surface area contributed by atoms with Gasteiger partial charge >= 0.3 is 0 Å². The van der Waals surface area contributed by atoms with Crippen molar-refractivity contribution >= 4 is 0 Å². The van der Waals surface area contributed by atoms with E-state index in [1.165, 1.54) is 0 Å². The Labute approximate surface area is 540 Å². The quantitative estimate of drug-likeness (QED) is 0.0425. The summed E-state index contributed by atoms with van der Waals surface area (Å²) in [6, 6.07) is 25.3. The molecule has 0 saturated heterocycles. The first-order chi connectivity index (χ1) is 45.5. The topological polar surface area (TPSA) is 162 Å². The van der Waals surface area contributed by atoms with Gasteiger partial charge < -0.3 is 56.8 Å². The highest BCUT2D eigenvalue weighted by Crippen LogP contribution is 2.63. The third kappa shape index (κ3) is 13.1. The van der Waals surface area contributed by atoms with Gasteiger partial charge in [-0.25, -0.2) is 0 Å². The van der Waals surface area contributed by atoms with E-state index in [0.717, 1.165) is 169 Å². The van der Waals surface area contributed by atoms with Crippen LogP contribution < -0.4 is 56.8 Å². The molecule has 16 nitrogen and oxygen atoms in total. The zero-order chi connectivity index (χ0) is 62.6. The van der Waals surface area contributed by atoms with Gasteiger partial charge in [-0.15, -0.1) is 0 Å². The molecule has 0 amide bonds. The van der Waals surface area contributed by atoms with Crippen molar-refractivity contribution in [3.8, 4) is 69.0 Å². The lowest BCUT2D eigenvalue weighted by Gasteiger charge is -2.37. The number of pyridine rings is 4. The average molecular weight is 1250 g/mol. The molecule has 0 unspecified atom stereocenters. The Morgan fingerprint density at radius 3 is 0.641 bits per heavy atom. The molecule has 16 heteroatoms. The lowest BCUT2D eigenvalue weighted by Crippen LogP contribution is -2.24. The van der Waals surface area contributed by atoms with E-state index in [9.17, 15) is 0 Å². The van der Waals surface area contributed by atoms with Gasteiger partial charge in [-0.05, 0) is 121 Å². The van der Waals surface area contributed by atoms with Gasteiger partial charge in [0.15, 0.2) is 46.0 Å². The first-order valence-electron chi connectivity index (χ1n) is 33.4. The average Bonchev–Trinajstić information content (AvgIpc) is 0.744. The van der Waals surface area contributed by atoms with Crippen LogP contribution in [0.4, 0.5) is 0 Å². The molecule has 0 N–H and O–H groups in total. The zero-order valence-corrected chi connectivity index (χ0v) is 53.5. The molecule has 5 aliphatic rings. The minimum absolute atomic E-state index is 0.191. The maximum absolute atomic E-state index is 7.26. The third-order valence-electron chi connectivity index (χ3n) is 18.5. The molecule has 4 aliphatic heterocycles. The fourth-order valence-corrected chi connectivity index (χ4v) is 13.9. The number of nitrogens with zero attached hydrogens (tertiary/aromatic N) is 4. The molecule has 4 aromatic carbocycles. The van der Waals surface area contributed by atoms with Crippen molar-refractivity contribution in [1.82, 2.24) is 19.9 Å². The Hall–Kier alpha value is -8.92. The Morgan fingerprint density at radius 2 is 0.467 bits per heavy atom. The fraction of sp³-hybridized carbons (Fsp3) is 0.421. The summed E-state index contributed by atoms with van der Waals surface area (Å²) in [6.45, 7) is 9.08. The van der Waals surface area contributed by atoms with Crippen LogP contribution in [0.15, 0.2) is 122 Å². The van der Waals surface area contributed by atoms with E-state index in [0.29, 0.717) is 69.0 Å². The van der Waals surface area contributed by atoms with Crippen LogP contribution in [-0.2, 0) is 26.4 Å². The molecule has 8 heterocycles. The molecule has 13 rings (SSSR count). The van der Waals surface area contributed by atoms with Crippen molar-refractivity contribution in [3.05, 3.63) is 189 Å². The standard InChI is InChI=1S/C76H84N4O12/c1-5-9-13-17-53-57-37-59-54(18-14-10-6-2)61-39-63-56(20-16-12-8-4)64-40-62-55(19-15-11-7-3)60-38-58(53)66-74(82-42-50-23-31-78-32-24-50)68(60)88-47-90-70(62)76(84-44-52-27-35-80-36-28-52)72(64)92-48-91-71(63)75(83-43-51-25-33-79-34-26-51)69(61)89-46-87-67(59)73(65(57)85-45-86-66)81-41-49-21-29-77-30-22-49/h21-40,53-56H,5-20,41-48H2,1-4H3. The monoisotopic (exact) mass is 1240 g/mol. The maximum atomic E-state index is 7.26. The number of benzene rings is 4. The lowest BCUT2D eigenvalue weighted by atomic mass is 9.75. The van der Waals surface area contributed by atoms with Crippen LogP contribution in [0.2, 0.25) is 0 Å². The normalized spacial score (nSPS) is 17.0. The van der Waals surface area contributed by atoms with Crippen LogP contribution in [0.5, 0.6) is 69.0 Å². The van der Waals surface area contributed by atoms with Crippen molar-refractivity contribution < 1.29 is 56.8 Å². The minimum atomic E-state index is -0.332. The molecule has 0 atom stereocenters. The van der Waals surface area contributed by atoms with Crippen molar-refractivity contribution in [2.24, 2.45) is 0 Å². The van der Waals surface area contributed by atoms with Crippen LogP contribution in [0, 0.1) is 0 Å². The first kappa shape index (κ1) is 61.9. The predicted octanol–water partition coefficient (Wildman–Crippen LogP) is 17.7. The van der Waals surface area contributed by atoms with Gasteiger partial charge in [0.05, 0.1) is 0 Å². The molecule has 8 aromatic rings. The fourth-order valence-electron chi connectivity index (χ4n) is 13.9. The van der Waals surface area contributed by atoms with Crippen molar-refractivity contribution in [2.45, 2.75) is 181 Å². The van der Waals surface area contributed by atoms with Crippen LogP contribution in [0.3, 0.4) is 0 Å². The number of ether oxygens (including phenoxy) is 12. The van der Waals surface area contributed by atoms with Crippen molar-refractivity contribution in [1.29, 1.82) is 0 Å². The Balaban J connectivity index is 1.18. The van der Waals surface area contributed by atoms with E-state index in [1.807, 2.05) is 48.5 Å². The summed E-state index contributed by atoms with van der Waals surface area (Å²) >= 11 is 0. The van der Waals surface area contributed by atoms with Gasteiger partial charge in [0.25, 0.3) is 0 Å². The molecule has 0 saturated carbocycles. The Morgan fingerprint density at radius 1 is 0.283 bits per heavy atom. The van der Waals surface area contributed by atoms with Gasteiger partial charge in [0.1, 0.15) is 26.4 Å². The highest BCUT2D eigenvalue weighted by atomic mass is 16.7. The summed E-state index contributed by atoms with van der Waals surface area (Å²) < 4.78 is 86.1. The number of aromatic nitrogens is 4. The van der Waals surface area contributed by atoms with Crippen molar-refractivity contribution in [2.75, 3.05) is 27.2 Å². The maximum Gasteiger partial charge on any atom is 0.231 e. The summed E-state index contributed by atoms with van der Waals surface area (Å²) in [7, 11) is 0. The summed E-state index contributed by atoms with van der Waals surface area (Å²) in [6.07, 6.45) is 29.0. The highest BCUT2D eigenvalue weighted by molar-refractivity contribution is 5.73. The Kier molecular flexibility index (Phi) is 19.9. The molecule has 0 spiro atoms. The number of hydrogen-bond donors (Lipinski definition) is 0. The molecule has 92 heavy (non-hydrogen) atoms. The Bertz CT molecular complexity index is 3170. The number of rotatable bonds is 28. The van der Waals surface area contributed by atoms with E-state index in [1.54, 1.807) is 49.6 Å². The van der Waals surface area contributed by atoms with E-state index >= 15 is 0 Å². The van der Waals surface area contributed by atoms with Crippen LogP contribution >= 0.6 is 0 Å². The molecular weight excluding hydrogens is 1160 g/mol. The predicted molar refractivity (Wildman–Crippen MR) is 348 cm³/mol. The summed E-state index contributed by atoms with van der Waals surface area (Å²) in [5.74, 6) is 5.02. The highest BCUT2D eigenvalue weighted by Gasteiger charge is 2.43. The lowest BCUT2D eigenvalue weighted by molar-refractivity contribution is 0.0811. The third-order valence-corrected chi connectivity index (χ3v) is 18.5.